The molecule has 200 valence electrons. The van der Waals surface area contributed by atoms with E-state index in [0.717, 1.165) is 63.1 Å². The molecule has 4 atom stereocenters. The number of aryl methyl sites for hydroxylation is 1. The van der Waals surface area contributed by atoms with Gasteiger partial charge < -0.3 is 20.4 Å². The summed E-state index contributed by atoms with van der Waals surface area (Å²) in [4.78, 5) is 33.5. The summed E-state index contributed by atoms with van der Waals surface area (Å²) in [5, 5.41) is 6.19. The quantitative estimate of drug-likeness (QED) is 0.571. The number of halogens is 1. The maximum atomic E-state index is 13.3. The molecule has 1 unspecified atom stereocenters. The van der Waals surface area contributed by atoms with Gasteiger partial charge in [0.05, 0.1) is 0 Å². The van der Waals surface area contributed by atoms with Gasteiger partial charge in [-0.3, -0.25) is 9.78 Å². The fraction of sp³-hybridized carbons (Fsp3) is 0.552. The molecule has 1 aliphatic carbocycles. The van der Waals surface area contributed by atoms with Crippen molar-refractivity contribution < 1.29 is 14.0 Å². The molecule has 8 heteroatoms. The third kappa shape index (κ3) is 7.74. The van der Waals surface area contributed by atoms with Crippen LogP contribution < -0.4 is 10.6 Å². The number of likely N-dealkylation sites (tertiary alicyclic amines) is 1. The Hall–Kier alpha value is -3.00. The lowest BCUT2D eigenvalue weighted by atomic mass is 9.80. The first-order valence-electron chi connectivity index (χ1n) is 13.5. The van der Waals surface area contributed by atoms with Crippen molar-refractivity contribution in [1.82, 2.24) is 20.1 Å². The third-order valence-corrected chi connectivity index (χ3v) is 8.00. The molecule has 1 saturated carbocycles. The number of rotatable bonds is 7. The van der Waals surface area contributed by atoms with Gasteiger partial charge in [-0.1, -0.05) is 12.1 Å². The van der Waals surface area contributed by atoms with Crippen LogP contribution in [0.3, 0.4) is 0 Å². The number of carbonyl (C=O) groups is 2. The number of benzene rings is 1. The average Bonchev–Trinajstić information content (AvgIpc) is 2.86. The van der Waals surface area contributed by atoms with Crippen LogP contribution in [-0.4, -0.2) is 65.5 Å². The summed E-state index contributed by atoms with van der Waals surface area (Å²) in [5.74, 6) is 0.662. The molecule has 1 saturated heterocycles. The molecular weight excluding hydrogens is 469 g/mol. The number of nitrogens with zero attached hydrogens (tertiary/aromatic N) is 3. The van der Waals surface area contributed by atoms with Crippen molar-refractivity contribution in [2.45, 2.75) is 64.5 Å². The van der Waals surface area contributed by atoms with Gasteiger partial charge in [0.15, 0.2) is 0 Å². The van der Waals surface area contributed by atoms with Crippen LogP contribution in [-0.2, 0) is 11.2 Å². The van der Waals surface area contributed by atoms with E-state index in [1.54, 1.807) is 19.2 Å². The summed E-state index contributed by atoms with van der Waals surface area (Å²) in [6.45, 7) is 6.44. The Labute approximate surface area is 219 Å². The fourth-order valence-corrected chi connectivity index (χ4v) is 5.97. The lowest BCUT2D eigenvalue weighted by molar-refractivity contribution is -0.130. The predicted octanol–water partition coefficient (Wildman–Crippen LogP) is 4.62. The molecule has 1 aliphatic heterocycles. The van der Waals surface area contributed by atoms with E-state index >= 15 is 0 Å². The number of hydrogen-bond acceptors (Lipinski definition) is 4. The van der Waals surface area contributed by atoms with E-state index in [-0.39, 0.29) is 35.8 Å². The van der Waals surface area contributed by atoms with Crippen LogP contribution >= 0.6 is 0 Å². The molecule has 1 aromatic heterocycles. The van der Waals surface area contributed by atoms with Gasteiger partial charge in [0.25, 0.3) is 0 Å². The van der Waals surface area contributed by atoms with Crippen LogP contribution in [0.5, 0.6) is 0 Å². The zero-order chi connectivity index (χ0) is 26.4. The zero-order valence-corrected chi connectivity index (χ0v) is 22.3. The van der Waals surface area contributed by atoms with Crippen molar-refractivity contribution in [3.8, 4) is 0 Å². The molecule has 37 heavy (non-hydrogen) atoms. The number of piperidine rings is 1. The average molecular weight is 510 g/mol. The van der Waals surface area contributed by atoms with E-state index < -0.39 is 0 Å². The highest BCUT2D eigenvalue weighted by Crippen LogP contribution is 2.31. The molecule has 2 aromatic rings. The van der Waals surface area contributed by atoms with Gasteiger partial charge in [-0.25, -0.2) is 9.18 Å². The van der Waals surface area contributed by atoms with Crippen molar-refractivity contribution in [3.63, 3.8) is 0 Å². The Morgan fingerprint density at radius 3 is 2.68 bits per heavy atom. The Morgan fingerprint density at radius 2 is 1.95 bits per heavy atom. The van der Waals surface area contributed by atoms with Crippen molar-refractivity contribution >= 4 is 17.6 Å². The van der Waals surface area contributed by atoms with Gasteiger partial charge in [0.1, 0.15) is 5.82 Å². The monoisotopic (exact) mass is 509 g/mol. The highest BCUT2D eigenvalue weighted by molar-refractivity contribution is 5.89. The van der Waals surface area contributed by atoms with Crippen LogP contribution in [0, 0.1) is 24.6 Å². The second-order valence-electron chi connectivity index (χ2n) is 10.8. The molecule has 7 nitrogen and oxygen atoms in total. The first-order chi connectivity index (χ1) is 17.8. The molecule has 3 amide bonds. The minimum Gasteiger partial charge on any atom is -0.343 e. The van der Waals surface area contributed by atoms with E-state index in [9.17, 15) is 14.0 Å². The summed E-state index contributed by atoms with van der Waals surface area (Å²) in [6, 6.07) is 10.5. The smallest absolute Gasteiger partial charge is 0.319 e. The molecular formula is C29H40FN5O2. The van der Waals surface area contributed by atoms with Gasteiger partial charge in [0.2, 0.25) is 5.91 Å². The molecule has 4 rings (SSSR count). The number of pyridine rings is 1. The van der Waals surface area contributed by atoms with Crippen LogP contribution in [0.4, 0.5) is 14.9 Å². The molecule has 2 fully saturated rings. The lowest BCUT2D eigenvalue weighted by Crippen LogP contribution is -2.53. The normalized spacial score (nSPS) is 24.3. The summed E-state index contributed by atoms with van der Waals surface area (Å²) < 4.78 is 13.3. The third-order valence-electron chi connectivity index (χ3n) is 8.00. The lowest BCUT2D eigenvalue weighted by Gasteiger charge is -2.43. The van der Waals surface area contributed by atoms with Gasteiger partial charge in [-0.15, -0.1) is 0 Å². The van der Waals surface area contributed by atoms with E-state index in [2.05, 4.69) is 20.5 Å². The van der Waals surface area contributed by atoms with Gasteiger partial charge in [-0.05, 0) is 93.7 Å². The maximum absolute atomic E-state index is 13.3. The number of amides is 3. The van der Waals surface area contributed by atoms with Crippen LogP contribution in [0.25, 0.3) is 0 Å². The number of nitrogens with one attached hydrogen (secondary N) is 2. The van der Waals surface area contributed by atoms with Crippen LogP contribution in [0.1, 0.15) is 50.3 Å². The summed E-state index contributed by atoms with van der Waals surface area (Å²) >= 11 is 0. The van der Waals surface area contributed by atoms with E-state index in [1.165, 1.54) is 24.1 Å². The summed E-state index contributed by atoms with van der Waals surface area (Å²) in [5.41, 5.74) is 2.76. The van der Waals surface area contributed by atoms with E-state index in [1.807, 2.05) is 37.1 Å². The van der Waals surface area contributed by atoms with Crippen molar-refractivity contribution in [2.75, 3.05) is 32.0 Å². The Kier molecular flexibility index (Phi) is 9.14. The summed E-state index contributed by atoms with van der Waals surface area (Å²) in [6.07, 6.45) is 7.52. The highest BCUT2D eigenvalue weighted by Gasteiger charge is 2.35. The standard InChI is InChI=1S/C29H40FN5O2/c1-20-15-26(12-13-31-20)32-29(37)33-28-11-10-27(34(3)21(2)36)17-24(28)19-35-14-4-5-23(18-35)16-22-6-8-25(30)9-7-22/h6-9,12-13,15,23-24,27-28H,4-5,10-11,14,16-19H2,1-3H3,(H2,31,32,33,37)/t23-,24-,27+,28?/m0/s1. The number of urea groups is 1. The Bertz CT molecular complexity index is 1060. The molecule has 0 radical (unpaired) electrons. The number of hydrogen-bond donors (Lipinski definition) is 2. The predicted molar refractivity (Wildman–Crippen MR) is 144 cm³/mol. The zero-order valence-electron chi connectivity index (χ0n) is 22.3. The van der Waals surface area contributed by atoms with Crippen LogP contribution in [0.2, 0.25) is 0 Å². The molecule has 0 bridgehead atoms. The Morgan fingerprint density at radius 1 is 1.16 bits per heavy atom. The number of carbonyl (C=O) groups excluding carboxylic acids is 2. The second kappa shape index (κ2) is 12.5. The van der Waals surface area contributed by atoms with E-state index in [4.69, 9.17) is 0 Å². The molecule has 2 heterocycles. The molecule has 2 N–H and O–H groups in total. The minimum atomic E-state index is -0.202. The fourth-order valence-electron chi connectivity index (χ4n) is 5.97. The Balaban J connectivity index is 1.40. The van der Waals surface area contributed by atoms with Crippen LogP contribution in [0.15, 0.2) is 42.6 Å². The minimum absolute atomic E-state index is 0.0389. The van der Waals surface area contributed by atoms with Crippen molar-refractivity contribution in [3.05, 3.63) is 59.7 Å². The topological polar surface area (TPSA) is 77.6 Å². The van der Waals surface area contributed by atoms with Gasteiger partial charge >= 0.3 is 6.03 Å². The molecule has 0 spiro atoms. The molecule has 2 aliphatic rings. The molecule has 1 aromatic carbocycles. The number of anilines is 1. The van der Waals surface area contributed by atoms with Crippen molar-refractivity contribution in [1.29, 1.82) is 0 Å². The summed E-state index contributed by atoms with van der Waals surface area (Å²) in [7, 11) is 1.88. The number of aromatic nitrogens is 1. The van der Waals surface area contributed by atoms with E-state index in [0.29, 0.717) is 5.92 Å². The maximum Gasteiger partial charge on any atom is 0.319 e. The van der Waals surface area contributed by atoms with Gasteiger partial charge in [-0.2, -0.15) is 0 Å². The van der Waals surface area contributed by atoms with Gasteiger partial charge in [0, 0.05) is 56.7 Å². The largest absolute Gasteiger partial charge is 0.343 e. The SMILES string of the molecule is CC(=O)N(C)[C@@H]1CCC(NC(=O)Nc2ccnc(C)c2)[C@H](CN2CCC[C@@H](Cc3ccc(F)cc3)C2)C1. The first kappa shape index (κ1) is 27.0. The highest BCUT2D eigenvalue weighted by atomic mass is 19.1. The second-order valence-corrected chi connectivity index (χ2v) is 10.8. The first-order valence-corrected chi connectivity index (χ1v) is 13.5. The van der Waals surface area contributed by atoms with Crippen molar-refractivity contribution in [2.24, 2.45) is 11.8 Å².